The minimum Gasteiger partial charge on any atom is -0.653 e. The van der Waals surface area contributed by atoms with Gasteiger partial charge in [-0.25, -0.2) is 0 Å². The fraction of sp³-hybridized carbons (Fsp3) is 0.300. The summed E-state index contributed by atoms with van der Waals surface area (Å²) in [4.78, 5) is 10.6. The fourth-order valence-electron chi connectivity index (χ4n) is 1.13. The summed E-state index contributed by atoms with van der Waals surface area (Å²) in [5.41, 5.74) is 1.00. The number of benzene rings is 1. The van der Waals surface area contributed by atoms with Gasteiger partial charge in [-0.15, -0.1) is 0 Å². The van der Waals surface area contributed by atoms with Crippen molar-refractivity contribution in [2.45, 2.75) is 12.5 Å². The van der Waals surface area contributed by atoms with E-state index in [-0.39, 0.29) is 21.1 Å². The van der Waals surface area contributed by atoms with Gasteiger partial charge in [0.2, 0.25) is 0 Å². The van der Waals surface area contributed by atoms with E-state index in [4.69, 9.17) is 5.11 Å². The Labute approximate surface area is 97.8 Å². The molecule has 76 valence electrons. The molecule has 0 aliphatic rings. The summed E-state index contributed by atoms with van der Waals surface area (Å²) in [6.07, 6.45) is 0.465. The van der Waals surface area contributed by atoms with Crippen molar-refractivity contribution in [1.29, 1.82) is 0 Å². The third-order valence-corrected chi connectivity index (χ3v) is 1.87. The first-order valence-electron chi connectivity index (χ1n) is 4.09. The molecular formula is C10H12NO2W-. The fourth-order valence-corrected chi connectivity index (χ4v) is 1.13. The van der Waals surface area contributed by atoms with Crippen molar-refractivity contribution in [1.82, 2.24) is 0 Å². The van der Waals surface area contributed by atoms with Crippen LogP contribution in [0.3, 0.4) is 0 Å². The molecule has 0 radical (unpaired) electrons. The molecule has 14 heavy (non-hydrogen) atoms. The molecule has 0 heterocycles. The van der Waals surface area contributed by atoms with Gasteiger partial charge in [-0.05, 0) is 18.0 Å². The summed E-state index contributed by atoms with van der Waals surface area (Å²) in [6, 6.07) is 8.88. The maximum atomic E-state index is 10.6. The number of hydrogen-bond acceptors (Lipinski definition) is 1. The molecule has 1 N–H and O–H groups in total. The van der Waals surface area contributed by atoms with Crippen molar-refractivity contribution in [3.63, 3.8) is 0 Å². The second-order valence-corrected chi connectivity index (χ2v) is 2.80. The van der Waals surface area contributed by atoms with Crippen LogP contribution >= 0.6 is 0 Å². The second-order valence-electron chi connectivity index (χ2n) is 2.80. The minimum absolute atomic E-state index is 0. The molecule has 0 aliphatic heterocycles. The monoisotopic (exact) mass is 362 g/mol. The first-order chi connectivity index (χ1) is 6.24. The Morgan fingerprint density at radius 3 is 2.43 bits per heavy atom. The van der Waals surface area contributed by atoms with E-state index in [1.54, 1.807) is 0 Å². The summed E-state index contributed by atoms with van der Waals surface area (Å²) in [6.45, 7) is 0. The van der Waals surface area contributed by atoms with Gasteiger partial charge in [0.1, 0.15) is 0 Å². The Bertz CT molecular complexity index is 277. The van der Waals surface area contributed by atoms with E-state index in [1.165, 1.54) is 7.05 Å². The van der Waals surface area contributed by atoms with Crippen LogP contribution in [0.25, 0.3) is 5.32 Å². The molecule has 0 aliphatic carbocycles. The summed E-state index contributed by atoms with van der Waals surface area (Å²) in [7, 11) is 1.53. The number of carboxylic acid groups (broad SMARTS) is 1. The average Bonchev–Trinajstić information content (AvgIpc) is 2.15. The van der Waals surface area contributed by atoms with Gasteiger partial charge in [0.25, 0.3) is 5.97 Å². The molecule has 3 nitrogen and oxygen atoms in total. The Balaban J connectivity index is 0.00000169. The number of carboxylic acids is 1. The van der Waals surface area contributed by atoms with Crippen LogP contribution < -0.4 is 0 Å². The maximum Gasteiger partial charge on any atom is 0.285 e. The predicted molar refractivity (Wildman–Crippen MR) is 50.9 cm³/mol. The Hall–Kier alpha value is -0.662. The number of likely N-dealkylation sites (N-methyl/N-ethyl adjacent to an activating group) is 1. The molecular weight excluding hydrogens is 350 g/mol. The van der Waals surface area contributed by atoms with Crippen molar-refractivity contribution in [2.75, 3.05) is 7.05 Å². The van der Waals surface area contributed by atoms with Crippen LogP contribution in [-0.4, -0.2) is 24.2 Å². The number of carbonyl (C=O) groups is 1. The number of aliphatic carboxylic acids is 1. The van der Waals surface area contributed by atoms with E-state index in [2.05, 4.69) is 5.32 Å². The van der Waals surface area contributed by atoms with Crippen LogP contribution in [0.5, 0.6) is 0 Å². The van der Waals surface area contributed by atoms with Crippen molar-refractivity contribution < 1.29 is 31.0 Å². The van der Waals surface area contributed by atoms with Crippen LogP contribution in [0, 0.1) is 0 Å². The van der Waals surface area contributed by atoms with E-state index in [0.29, 0.717) is 6.42 Å². The molecule has 1 unspecified atom stereocenters. The molecule has 0 bridgehead atoms. The smallest absolute Gasteiger partial charge is 0.285 e. The van der Waals surface area contributed by atoms with Crippen molar-refractivity contribution in [2.24, 2.45) is 0 Å². The van der Waals surface area contributed by atoms with E-state index in [0.717, 1.165) is 5.56 Å². The van der Waals surface area contributed by atoms with Gasteiger partial charge in [0.05, 0.1) is 0 Å². The van der Waals surface area contributed by atoms with Crippen molar-refractivity contribution in [3.05, 3.63) is 41.2 Å². The summed E-state index contributed by atoms with van der Waals surface area (Å²) >= 11 is 0. The topological polar surface area (TPSA) is 51.4 Å². The van der Waals surface area contributed by atoms with Gasteiger partial charge >= 0.3 is 0 Å². The molecule has 0 aromatic heterocycles. The zero-order valence-corrected chi connectivity index (χ0v) is 10.8. The van der Waals surface area contributed by atoms with E-state index < -0.39 is 12.0 Å². The third kappa shape index (κ3) is 4.03. The Morgan fingerprint density at radius 2 is 2.00 bits per heavy atom. The van der Waals surface area contributed by atoms with Gasteiger partial charge in [-0.1, -0.05) is 30.3 Å². The molecule has 1 atom stereocenters. The van der Waals surface area contributed by atoms with Crippen LogP contribution in [-0.2, 0) is 32.3 Å². The SMILES string of the molecule is C[N-]C(Cc1ccccc1)C(=O)O.[W]. The van der Waals surface area contributed by atoms with E-state index >= 15 is 0 Å². The third-order valence-electron chi connectivity index (χ3n) is 1.87. The number of rotatable bonds is 4. The van der Waals surface area contributed by atoms with Crippen LogP contribution in [0.4, 0.5) is 0 Å². The average molecular weight is 362 g/mol. The van der Waals surface area contributed by atoms with Crippen LogP contribution in [0.15, 0.2) is 30.3 Å². The zero-order chi connectivity index (χ0) is 9.68. The summed E-state index contributed by atoms with van der Waals surface area (Å²) in [5, 5.41) is 12.5. The predicted octanol–water partition coefficient (Wildman–Crippen LogP) is 1.68. The Morgan fingerprint density at radius 1 is 1.43 bits per heavy atom. The number of nitrogens with zero attached hydrogens (tertiary/aromatic N) is 1. The Kier molecular flexibility index (Phi) is 6.42. The molecule has 0 amide bonds. The quantitative estimate of drug-likeness (QED) is 0.887. The van der Waals surface area contributed by atoms with E-state index in [9.17, 15) is 4.79 Å². The molecule has 0 saturated heterocycles. The van der Waals surface area contributed by atoms with Crippen molar-refractivity contribution >= 4 is 5.97 Å². The second kappa shape index (κ2) is 6.74. The molecule has 0 fully saturated rings. The van der Waals surface area contributed by atoms with Gasteiger partial charge in [0, 0.05) is 21.1 Å². The van der Waals surface area contributed by atoms with Gasteiger partial charge < -0.3 is 10.4 Å². The van der Waals surface area contributed by atoms with Gasteiger partial charge in [0.15, 0.2) is 0 Å². The minimum atomic E-state index is -0.869. The molecule has 0 spiro atoms. The van der Waals surface area contributed by atoms with Gasteiger partial charge in [-0.2, -0.15) is 7.05 Å². The van der Waals surface area contributed by atoms with Crippen molar-refractivity contribution in [3.8, 4) is 0 Å². The largest absolute Gasteiger partial charge is 0.653 e. The molecule has 1 aromatic rings. The standard InChI is InChI=1S/C10H12NO2.W/c1-11-9(10(12)13)7-8-5-3-2-4-6-8;/h2-6,9H,7H2,1H3,(H,12,13);/q-1;. The first-order valence-corrected chi connectivity index (χ1v) is 4.09. The number of hydrogen-bond donors (Lipinski definition) is 1. The summed E-state index contributed by atoms with van der Waals surface area (Å²) in [5.74, 6) is -0.869. The maximum absolute atomic E-state index is 10.6. The summed E-state index contributed by atoms with van der Waals surface area (Å²) < 4.78 is 0. The first kappa shape index (κ1) is 13.3. The van der Waals surface area contributed by atoms with Crippen LogP contribution in [0.2, 0.25) is 0 Å². The zero-order valence-electron chi connectivity index (χ0n) is 7.88. The van der Waals surface area contributed by atoms with Gasteiger partial charge in [-0.3, -0.25) is 4.79 Å². The normalized spacial score (nSPS) is 11.5. The van der Waals surface area contributed by atoms with E-state index in [1.807, 2.05) is 30.3 Å². The molecule has 1 rings (SSSR count). The molecule has 4 heteroatoms. The molecule has 0 saturated carbocycles. The van der Waals surface area contributed by atoms with Crippen LogP contribution in [0.1, 0.15) is 5.56 Å². The molecule has 1 aromatic carbocycles.